The topological polar surface area (TPSA) is 70.4 Å². The summed E-state index contributed by atoms with van der Waals surface area (Å²) in [7, 11) is 0. The van der Waals surface area contributed by atoms with Crippen molar-refractivity contribution in [3.63, 3.8) is 0 Å². The highest BCUT2D eigenvalue weighted by atomic mass is 16.3. The molecule has 2 aromatic rings. The van der Waals surface area contributed by atoms with Crippen molar-refractivity contribution >= 4 is 0 Å². The van der Waals surface area contributed by atoms with Gasteiger partial charge in [-0.1, -0.05) is 38.1 Å². The van der Waals surface area contributed by atoms with Gasteiger partial charge in [0, 0.05) is 12.8 Å². The van der Waals surface area contributed by atoms with Gasteiger partial charge in [0.2, 0.25) is 0 Å². The third-order valence-electron chi connectivity index (χ3n) is 5.18. The van der Waals surface area contributed by atoms with Crippen LogP contribution in [0.1, 0.15) is 42.1 Å². The predicted octanol–water partition coefficient (Wildman–Crippen LogP) is 0.627. The molecule has 0 amide bonds. The number of aromatic amines is 1. The minimum Gasteiger partial charge on any atom is -0.387 e. The van der Waals surface area contributed by atoms with Crippen LogP contribution in [0.5, 0.6) is 0 Å². The van der Waals surface area contributed by atoms with Crippen LogP contribution in [0.15, 0.2) is 29.1 Å². The Morgan fingerprint density at radius 1 is 1.32 bits per heavy atom. The first-order valence-electron chi connectivity index (χ1n) is 9.11. The molecule has 0 fully saturated rings. The van der Waals surface area contributed by atoms with Gasteiger partial charge in [-0.3, -0.25) is 4.79 Å². The van der Waals surface area contributed by atoms with E-state index in [-0.39, 0.29) is 17.6 Å². The van der Waals surface area contributed by atoms with Gasteiger partial charge in [0.25, 0.3) is 5.56 Å². The van der Waals surface area contributed by atoms with Gasteiger partial charge in [-0.25, -0.2) is 4.98 Å². The number of quaternary nitrogens is 1. The van der Waals surface area contributed by atoms with Crippen molar-refractivity contribution in [2.24, 2.45) is 5.92 Å². The lowest BCUT2D eigenvalue weighted by Gasteiger charge is -2.27. The highest BCUT2D eigenvalue weighted by Crippen LogP contribution is 2.12. The standard InChI is InChI=1S/C20H27N3O2/c1-13(2)18(24)12-23-9-8-17-16(11-23)20(25)22-19(21-17)10-15-7-5-4-6-14(15)3/h4-7,13,18,24H,8-12H2,1-3H3,(H,21,22,25)/p+1/t18-/m1/s1. The number of aryl methyl sites for hydroxylation is 1. The lowest BCUT2D eigenvalue weighted by molar-refractivity contribution is -0.919. The summed E-state index contributed by atoms with van der Waals surface area (Å²) in [5.41, 5.74) is 4.08. The van der Waals surface area contributed by atoms with Crippen LogP contribution in [0.2, 0.25) is 0 Å². The molecule has 2 atom stereocenters. The summed E-state index contributed by atoms with van der Waals surface area (Å²) >= 11 is 0. The normalized spacial score (nSPS) is 18.2. The number of fused-ring (bicyclic) bond motifs is 1. The molecule has 3 rings (SSSR count). The predicted molar refractivity (Wildman–Crippen MR) is 97.8 cm³/mol. The summed E-state index contributed by atoms with van der Waals surface area (Å²) in [6.45, 7) is 8.36. The molecule has 0 saturated heterocycles. The van der Waals surface area contributed by atoms with Crippen molar-refractivity contribution in [2.75, 3.05) is 13.1 Å². The van der Waals surface area contributed by atoms with Crippen molar-refractivity contribution in [3.8, 4) is 0 Å². The second kappa shape index (κ2) is 7.50. The molecule has 5 heteroatoms. The van der Waals surface area contributed by atoms with Gasteiger partial charge >= 0.3 is 0 Å². The Bertz CT molecular complexity index is 798. The molecule has 1 aromatic carbocycles. The summed E-state index contributed by atoms with van der Waals surface area (Å²) in [6.07, 6.45) is 1.11. The van der Waals surface area contributed by atoms with Crippen LogP contribution in [0.4, 0.5) is 0 Å². The fourth-order valence-corrected chi connectivity index (χ4v) is 3.40. The smallest absolute Gasteiger partial charge is 0.260 e. The summed E-state index contributed by atoms with van der Waals surface area (Å²) < 4.78 is 0. The van der Waals surface area contributed by atoms with Gasteiger partial charge in [0.05, 0.1) is 17.8 Å². The molecule has 134 valence electrons. The fraction of sp³-hybridized carbons (Fsp3) is 0.500. The molecule has 0 bridgehead atoms. The molecule has 1 aliphatic heterocycles. The molecule has 1 aliphatic rings. The maximum atomic E-state index is 12.6. The number of nitrogens with one attached hydrogen (secondary N) is 2. The van der Waals surface area contributed by atoms with E-state index >= 15 is 0 Å². The number of hydrogen-bond acceptors (Lipinski definition) is 3. The largest absolute Gasteiger partial charge is 0.387 e. The number of aliphatic hydroxyl groups excluding tert-OH is 1. The summed E-state index contributed by atoms with van der Waals surface area (Å²) in [5.74, 6) is 0.977. The van der Waals surface area contributed by atoms with Crippen molar-refractivity contribution in [1.29, 1.82) is 0 Å². The zero-order valence-electron chi connectivity index (χ0n) is 15.3. The third kappa shape index (κ3) is 4.17. The Kier molecular flexibility index (Phi) is 5.35. The van der Waals surface area contributed by atoms with E-state index < -0.39 is 0 Å². The van der Waals surface area contributed by atoms with Crippen LogP contribution < -0.4 is 10.5 Å². The molecule has 1 aromatic heterocycles. The lowest BCUT2D eigenvalue weighted by Crippen LogP contribution is -3.13. The van der Waals surface area contributed by atoms with E-state index in [9.17, 15) is 9.90 Å². The number of aliphatic hydroxyl groups is 1. The minimum atomic E-state index is -0.330. The number of hydrogen-bond donors (Lipinski definition) is 3. The van der Waals surface area contributed by atoms with Gasteiger partial charge in [0.15, 0.2) is 0 Å². The first kappa shape index (κ1) is 17.8. The number of benzene rings is 1. The van der Waals surface area contributed by atoms with Crippen molar-refractivity contribution < 1.29 is 10.0 Å². The SMILES string of the molecule is Cc1ccccc1Cc1nc2c(c(=O)[nH]1)C[NH+](C[C@@H](O)C(C)C)CC2. The maximum absolute atomic E-state index is 12.6. The molecule has 1 unspecified atom stereocenters. The second-order valence-electron chi connectivity index (χ2n) is 7.48. The van der Waals surface area contributed by atoms with Crippen LogP contribution in [-0.2, 0) is 19.4 Å². The summed E-state index contributed by atoms with van der Waals surface area (Å²) in [6, 6.07) is 8.19. The van der Waals surface area contributed by atoms with Crippen LogP contribution in [0.3, 0.4) is 0 Å². The molecule has 2 heterocycles. The second-order valence-corrected chi connectivity index (χ2v) is 7.48. The molecule has 25 heavy (non-hydrogen) atoms. The molecule has 5 nitrogen and oxygen atoms in total. The Labute approximate surface area is 148 Å². The summed E-state index contributed by atoms with van der Waals surface area (Å²) in [5, 5.41) is 10.1. The Morgan fingerprint density at radius 3 is 2.80 bits per heavy atom. The molecule has 0 spiro atoms. The number of nitrogens with zero attached hydrogens (tertiary/aromatic N) is 1. The first-order valence-corrected chi connectivity index (χ1v) is 9.11. The molecular formula is C20H28N3O2+. The van der Waals surface area contributed by atoms with Crippen molar-refractivity contribution in [2.45, 2.75) is 46.3 Å². The van der Waals surface area contributed by atoms with Gasteiger partial charge in [-0.2, -0.15) is 0 Å². The van der Waals surface area contributed by atoms with Crippen molar-refractivity contribution in [3.05, 3.63) is 62.8 Å². The average Bonchev–Trinajstić information content (AvgIpc) is 2.57. The van der Waals surface area contributed by atoms with Gasteiger partial charge in [-0.15, -0.1) is 0 Å². The quantitative estimate of drug-likeness (QED) is 0.746. The number of aromatic nitrogens is 2. The highest BCUT2D eigenvalue weighted by Gasteiger charge is 2.26. The van der Waals surface area contributed by atoms with Crippen LogP contribution in [-0.4, -0.2) is 34.3 Å². The van der Waals surface area contributed by atoms with Gasteiger partial charge in [-0.05, 0) is 24.0 Å². The van der Waals surface area contributed by atoms with E-state index in [1.807, 2.05) is 26.0 Å². The van der Waals surface area contributed by atoms with Crippen molar-refractivity contribution in [1.82, 2.24) is 9.97 Å². The molecule has 3 N–H and O–H groups in total. The summed E-state index contributed by atoms with van der Waals surface area (Å²) in [4.78, 5) is 21.5. The van der Waals surface area contributed by atoms with Crippen LogP contribution in [0, 0.1) is 12.8 Å². The Balaban J connectivity index is 1.78. The van der Waals surface area contributed by atoms with E-state index in [4.69, 9.17) is 4.98 Å². The Hall–Kier alpha value is -1.98. The number of H-pyrrole nitrogens is 1. The molecule has 0 radical (unpaired) electrons. The van der Waals surface area contributed by atoms with E-state index in [1.54, 1.807) is 0 Å². The van der Waals surface area contributed by atoms with E-state index in [0.29, 0.717) is 19.5 Å². The average molecular weight is 342 g/mol. The van der Waals surface area contributed by atoms with E-state index in [2.05, 4.69) is 24.0 Å². The van der Waals surface area contributed by atoms with E-state index in [1.165, 1.54) is 16.0 Å². The minimum absolute atomic E-state index is 0.0233. The molecular weight excluding hydrogens is 314 g/mol. The third-order valence-corrected chi connectivity index (χ3v) is 5.18. The van der Waals surface area contributed by atoms with Crippen LogP contribution in [0.25, 0.3) is 0 Å². The highest BCUT2D eigenvalue weighted by molar-refractivity contribution is 5.29. The zero-order chi connectivity index (χ0) is 18.0. The maximum Gasteiger partial charge on any atom is 0.260 e. The lowest BCUT2D eigenvalue weighted by atomic mass is 10.0. The van der Waals surface area contributed by atoms with Gasteiger partial charge < -0.3 is 15.0 Å². The molecule has 0 saturated carbocycles. The Morgan fingerprint density at radius 2 is 2.08 bits per heavy atom. The fourth-order valence-electron chi connectivity index (χ4n) is 3.40. The van der Waals surface area contributed by atoms with E-state index in [0.717, 1.165) is 30.0 Å². The number of rotatable bonds is 5. The zero-order valence-corrected chi connectivity index (χ0v) is 15.3. The van der Waals surface area contributed by atoms with Crippen LogP contribution >= 0.6 is 0 Å². The monoisotopic (exact) mass is 342 g/mol. The first-order chi connectivity index (χ1) is 11.9. The van der Waals surface area contributed by atoms with Gasteiger partial charge in [0.1, 0.15) is 25.0 Å². The molecule has 0 aliphatic carbocycles.